The standard InChI is InChI=1S/C10H23NO/c1-5-9(7-8-11)12-10(3,4)6-2/h9H,5-8,11H2,1-4H3. The molecule has 0 heterocycles. The second-order valence-corrected chi connectivity index (χ2v) is 3.84. The lowest BCUT2D eigenvalue weighted by molar-refractivity contribution is -0.0764. The molecule has 0 amide bonds. The summed E-state index contributed by atoms with van der Waals surface area (Å²) in [5.41, 5.74) is 5.50. The molecule has 0 aromatic rings. The number of ether oxygens (including phenoxy) is 1. The van der Waals surface area contributed by atoms with Gasteiger partial charge in [0.25, 0.3) is 0 Å². The molecule has 0 radical (unpaired) electrons. The summed E-state index contributed by atoms with van der Waals surface area (Å²) in [6.45, 7) is 9.28. The Morgan fingerprint density at radius 1 is 1.33 bits per heavy atom. The quantitative estimate of drug-likeness (QED) is 0.669. The fourth-order valence-corrected chi connectivity index (χ4v) is 1.07. The summed E-state index contributed by atoms with van der Waals surface area (Å²) in [6.07, 6.45) is 3.42. The SMILES string of the molecule is CCC(CCN)OC(C)(C)CC. The zero-order valence-corrected chi connectivity index (χ0v) is 8.89. The Morgan fingerprint density at radius 3 is 2.25 bits per heavy atom. The van der Waals surface area contributed by atoms with Crippen molar-refractivity contribution in [3.63, 3.8) is 0 Å². The maximum absolute atomic E-state index is 5.90. The summed E-state index contributed by atoms with van der Waals surface area (Å²) >= 11 is 0. The third-order valence-electron chi connectivity index (χ3n) is 2.28. The Hall–Kier alpha value is -0.0800. The van der Waals surface area contributed by atoms with E-state index in [0.29, 0.717) is 6.10 Å². The van der Waals surface area contributed by atoms with Crippen LogP contribution in [0.1, 0.15) is 47.0 Å². The van der Waals surface area contributed by atoms with Gasteiger partial charge in [0.05, 0.1) is 11.7 Å². The van der Waals surface area contributed by atoms with E-state index in [2.05, 4.69) is 27.7 Å². The first-order valence-corrected chi connectivity index (χ1v) is 4.93. The molecule has 0 aliphatic rings. The van der Waals surface area contributed by atoms with Crippen molar-refractivity contribution in [2.75, 3.05) is 6.54 Å². The molecule has 0 fully saturated rings. The minimum Gasteiger partial charge on any atom is -0.372 e. The summed E-state index contributed by atoms with van der Waals surface area (Å²) in [6, 6.07) is 0. The van der Waals surface area contributed by atoms with Crippen LogP contribution in [0.4, 0.5) is 0 Å². The lowest BCUT2D eigenvalue weighted by atomic mass is 10.1. The Bertz CT molecular complexity index is 112. The number of hydrogen-bond acceptors (Lipinski definition) is 2. The molecule has 1 atom stereocenters. The molecule has 2 N–H and O–H groups in total. The van der Waals surface area contributed by atoms with Gasteiger partial charge in [-0.15, -0.1) is 0 Å². The predicted molar refractivity (Wildman–Crippen MR) is 53.2 cm³/mol. The molecule has 0 aliphatic carbocycles. The van der Waals surface area contributed by atoms with Crippen LogP contribution in [0.5, 0.6) is 0 Å². The second kappa shape index (κ2) is 5.55. The zero-order chi connectivity index (χ0) is 9.61. The minimum absolute atomic E-state index is 0.00977. The van der Waals surface area contributed by atoms with Crippen LogP contribution in [0.15, 0.2) is 0 Å². The number of rotatable bonds is 6. The summed E-state index contributed by atoms with van der Waals surface area (Å²) < 4.78 is 5.90. The van der Waals surface area contributed by atoms with Gasteiger partial charge >= 0.3 is 0 Å². The smallest absolute Gasteiger partial charge is 0.0627 e. The largest absolute Gasteiger partial charge is 0.372 e. The average Bonchev–Trinajstić information content (AvgIpc) is 2.03. The number of hydrogen-bond donors (Lipinski definition) is 1. The summed E-state index contributed by atoms with van der Waals surface area (Å²) in [5.74, 6) is 0. The highest BCUT2D eigenvalue weighted by molar-refractivity contribution is 4.69. The maximum Gasteiger partial charge on any atom is 0.0627 e. The second-order valence-electron chi connectivity index (χ2n) is 3.84. The highest BCUT2D eigenvalue weighted by Gasteiger charge is 2.19. The summed E-state index contributed by atoms with van der Waals surface area (Å²) in [7, 11) is 0. The molecule has 1 unspecified atom stereocenters. The molecule has 2 heteroatoms. The van der Waals surface area contributed by atoms with E-state index in [9.17, 15) is 0 Å². The topological polar surface area (TPSA) is 35.2 Å². The maximum atomic E-state index is 5.90. The lowest BCUT2D eigenvalue weighted by Gasteiger charge is -2.29. The molecular formula is C10H23NO. The van der Waals surface area contributed by atoms with E-state index in [1.54, 1.807) is 0 Å². The lowest BCUT2D eigenvalue weighted by Crippen LogP contribution is -2.30. The molecular weight excluding hydrogens is 150 g/mol. The third-order valence-corrected chi connectivity index (χ3v) is 2.28. The van der Waals surface area contributed by atoms with E-state index >= 15 is 0 Å². The van der Waals surface area contributed by atoms with Crippen molar-refractivity contribution in [1.29, 1.82) is 0 Å². The van der Waals surface area contributed by atoms with Crippen LogP contribution in [0.3, 0.4) is 0 Å². The fraction of sp³-hybridized carbons (Fsp3) is 1.00. The molecule has 0 aromatic carbocycles. The highest BCUT2D eigenvalue weighted by Crippen LogP contribution is 2.18. The minimum atomic E-state index is 0.00977. The molecule has 0 spiro atoms. The van der Waals surface area contributed by atoms with E-state index in [0.717, 1.165) is 25.8 Å². The molecule has 74 valence electrons. The van der Waals surface area contributed by atoms with Crippen molar-refractivity contribution in [2.45, 2.75) is 58.7 Å². The molecule has 0 bridgehead atoms. The van der Waals surface area contributed by atoms with Crippen molar-refractivity contribution in [3.05, 3.63) is 0 Å². The van der Waals surface area contributed by atoms with E-state index in [4.69, 9.17) is 10.5 Å². The van der Waals surface area contributed by atoms with E-state index < -0.39 is 0 Å². The van der Waals surface area contributed by atoms with Crippen LogP contribution in [-0.2, 0) is 4.74 Å². The van der Waals surface area contributed by atoms with Gasteiger partial charge in [-0.05, 0) is 39.7 Å². The molecule has 0 saturated carbocycles. The monoisotopic (exact) mass is 173 g/mol. The van der Waals surface area contributed by atoms with E-state index in [1.807, 2.05) is 0 Å². The van der Waals surface area contributed by atoms with Crippen LogP contribution in [0.25, 0.3) is 0 Å². The Balaban J connectivity index is 3.83. The predicted octanol–water partition coefficient (Wildman–Crippen LogP) is 2.32. The molecule has 0 aliphatic heterocycles. The normalized spacial score (nSPS) is 14.8. The Morgan fingerprint density at radius 2 is 1.92 bits per heavy atom. The van der Waals surface area contributed by atoms with Gasteiger partial charge in [0, 0.05) is 0 Å². The first kappa shape index (κ1) is 11.9. The van der Waals surface area contributed by atoms with Crippen molar-refractivity contribution in [2.24, 2.45) is 5.73 Å². The van der Waals surface area contributed by atoms with Gasteiger partial charge in [-0.1, -0.05) is 13.8 Å². The Labute approximate surface area is 76.5 Å². The van der Waals surface area contributed by atoms with Gasteiger partial charge in [-0.25, -0.2) is 0 Å². The molecule has 2 nitrogen and oxygen atoms in total. The van der Waals surface area contributed by atoms with Crippen LogP contribution in [0.2, 0.25) is 0 Å². The first-order chi connectivity index (χ1) is 5.55. The van der Waals surface area contributed by atoms with Crippen molar-refractivity contribution in [3.8, 4) is 0 Å². The van der Waals surface area contributed by atoms with Gasteiger partial charge < -0.3 is 10.5 Å². The first-order valence-electron chi connectivity index (χ1n) is 4.93. The van der Waals surface area contributed by atoms with E-state index in [-0.39, 0.29) is 5.60 Å². The van der Waals surface area contributed by atoms with Crippen LogP contribution in [-0.4, -0.2) is 18.2 Å². The number of nitrogens with two attached hydrogens (primary N) is 1. The van der Waals surface area contributed by atoms with Gasteiger partial charge in [0.15, 0.2) is 0 Å². The van der Waals surface area contributed by atoms with Gasteiger partial charge in [-0.3, -0.25) is 0 Å². The Kier molecular flexibility index (Phi) is 5.51. The summed E-state index contributed by atoms with van der Waals surface area (Å²) in [4.78, 5) is 0. The van der Waals surface area contributed by atoms with Crippen LogP contribution < -0.4 is 5.73 Å². The van der Waals surface area contributed by atoms with Crippen molar-refractivity contribution >= 4 is 0 Å². The third kappa shape index (κ3) is 4.73. The van der Waals surface area contributed by atoms with Crippen molar-refractivity contribution < 1.29 is 4.74 Å². The van der Waals surface area contributed by atoms with Crippen LogP contribution in [0, 0.1) is 0 Å². The van der Waals surface area contributed by atoms with Crippen molar-refractivity contribution in [1.82, 2.24) is 0 Å². The molecule has 12 heavy (non-hydrogen) atoms. The van der Waals surface area contributed by atoms with Gasteiger partial charge in [0.1, 0.15) is 0 Å². The van der Waals surface area contributed by atoms with Gasteiger partial charge in [0.2, 0.25) is 0 Å². The molecule has 0 aromatic heterocycles. The van der Waals surface area contributed by atoms with Gasteiger partial charge in [-0.2, -0.15) is 0 Å². The van der Waals surface area contributed by atoms with Crippen LogP contribution >= 0.6 is 0 Å². The van der Waals surface area contributed by atoms with E-state index in [1.165, 1.54) is 0 Å². The molecule has 0 saturated heterocycles. The zero-order valence-electron chi connectivity index (χ0n) is 8.89. The highest BCUT2D eigenvalue weighted by atomic mass is 16.5. The summed E-state index contributed by atoms with van der Waals surface area (Å²) in [5, 5.41) is 0. The average molecular weight is 173 g/mol. The fourth-order valence-electron chi connectivity index (χ4n) is 1.07. The molecule has 0 rings (SSSR count).